The fourth-order valence-electron chi connectivity index (χ4n) is 1.92. The Morgan fingerprint density at radius 2 is 1.75 bits per heavy atom. The largest absolute Gasteiger partial charge is 0.497 e. The Bertz CT molecular complexity index is 615. The van der Waals surface area contributed by atoms with Crippen LogP contribution < -0.4 is 4.74 Å². The van der Waals surface area contributed by atoms with Crippen molar-refractivity contribution < 1.29 is 14.3 Å². The molecule has 2 aromatic rings. The zero-order chi connectivity index (χ0) is 14.4. The van der Waals surface area contributed by atoms with Crippen LogP contribution in [0.15, 0.2) is 48.5 Å². The first-order valence-corrected chi connectivity index (χ1v) is 6.23. The lowest BCUT2D eigenvalue weighted by molar-refractivity contribution is 0.112. The lowest BCUT2D eigenvalue weighted by atomic mass is 10.0. The van der Waals surface area contributed by atoms with Gasteiger partial charge in [-0.2, -0.15) is 0 Å². The van der Waals surface area contributed by atoms with E-state index >= 15 is 0 Å². The van der Waals surface area contributed by atoms with E-state index in [9.17, 15) is 4.79 Å². The smallest absolute Gasteiger partial charge is 0.150 e. The van der Waals surface area contributed by atoms with Gasteiger partial charge in [-0.25, -0.2) is 0 Å². The molecule has 0 fully saturated rings. The van der Waals surface area contributed by atoms with Gasteiger partial charge < -0.3 is 9.47 Å². The molecule has 3 nitrogen and oxygen atoms in total. The molecule has 2 aromatic carbocycles. The highest BCUT2D eigenvalue weighted by Gasteiger charge is 2.06. The summed E-state index contributed by atoms with van der Waals surface area (Å²) in [7, 11) is 3.21. The molecule has 102 valence electrons. The van der Waals surface area contributed by atoms with Crippen LogP contribution in [-0.2, 0) is 4.74 Å². The van der Waals surface area contributed by atoms with Crippen molar-refractivity contribution in [2.75, 3.05) is 14.2 Å². The van der Waals surface area contributed by atoms with Crippen molar-refractivity contribution in [3.8, 4) is 5.75 Å². The van der Waals surface area contributed by atoms with Gasteiger partial charge in [-0.15, -0.1) is 0 Å². The van der Waals surface area contributed by atoms with Gasteiger partial charge in [-0.05, 0) is 29.8 Å². The standard InChI is InChI=1S/C17H16O3/c1-19-16-9-8-14(12-18)15(10-16)11-17(20-2)13-6-4-3-5-7-13/h3-12H,1-2H3/b17-11+. The van der Waals surface area contributed by atoms with Crippen molar-refractivity contribution >= 4 is 18.1 Å². The van der Waals surface area contributed by atoms with E-state index < -0.39 is 0 Å². The summed E-state index contributed by atoms with van der Waals surface area (Å²) in [6.45, 7) is 0. The Morgan fingerprint density at radius 3 is 2.35 bits per heavy atom. The van der Waals surface area contributed by atoms with Crippen molar-refractivity contribution in [3.05, 3.63) is 65.2 Å². The number of ether oxygens (including phenoxy) is 2. The number of benzene rings is 2. The van der Waals surface area contributed by atoms with Gasteiger partial charge in [0.05, 0.1) is 14.2 Å². The van der Waals surface area contributed by atoms with Crippen molar-refractivity contribution in [1.82, 2.24) is 0 Å². The molecule has 2 rings (SSSR count). The van der Waals surface area contributed by atoms with Crippen LogP contribution in [0.5, 0.6) is 5.75 Å². The minimum atomic E-state index is 0.594. The molecule has 0 heterocycles. The summed E-state index contributed by atoms with van der Waals surface area (Å²) in [4.78, 5) is 11.1. The van der Waals surface area contributed by atoms with Crippen LogP contribution in [0, 0.1) is 0 Å². The van der Waals surface area contributed by atoms with Gasteiger partial charge in [0.15, 0.2) is 6.29 Å². The lowest BCUT2D eigenvalue weighted by Crippen LogP contribution is -1.92. The van der Waals surface area contributed by atoms with Crippen LogP contribution in [0.2, 0.25) is 0 Å². The fraction of sp³-hybridized carbons (Fsp3) is 0.118. The normalized spacial score (nSPS) is 11.0. The number of aldehydes is 1. The van der Waals surface area contributed by atoms with Gasteiger partial charge in [0.25, 0.3) is 0 Å². The minimum absolute atomic E-state index is 0.594. The number of carbonyl (C=O) groups is 1. The third-order valence-corrected chi connectivity index (χ3v) is 2.99. The molecule has 0 bridgehead atoms. The van der Waals surface area contributed by atoms with Gasteiger partial charge in [0.2, 0.25) is 0 Å². The summed E-state index contributed by atoms with van der Waals surface area (Å²) in [6.07, 6.45) is 2.66. The molecule has 0 aromatic heterocycles. The van der Waals surface area contributed by atoms with Crippen LogP contribution in [0.1, 0.15) is 21.5 Å². The number of hydrogen-bond donors (Lipinski definition) is 0. The van der Waals surface area contributed by atoms with Crippen molar-refractivity contribution in [2.24, 2.45) is 0 Å². The Balaban J connectivity index is 2.49. The molecule has 0 saturated carbocycles. The zero-order valence-electron chi connectivity index (χ0n) is 11.5. The molecule has 0 aliphatic heterocycles. The first-order chi connectivity index (χ1) is 9.78. The second-order valence-electron chi connectivity index (χ2n) is 4.19. The predicted octanol–water partition coefficient (Wildman–Crippen LogP) is 3.65. The van der Waals surface area contributed by atoms with E-state index in [-0.39, 0.29) is 0 Å². The minimum Gasteiger partial charge on any atom is -0.497 e. The van der Waals surface area contributed by atoms with E-state index in [1.54, 1.807) is 26.4 Å². The lowest BCUT2D eigenvalue weighted by Gasteiger charge is -2.08. The monoisotopic (exact) mass is 268 g/mol. The van der Waals surface area contributed by atoms with Crippen molar-refractivity contribution in [2.45, 2.75) is 0 Å². The number of rotatable bonds is 5. The first kappa shape index (κ1) is 13.9. The van der Waals surface area contributed by atoms with E-state index in [1.165, 1.54) is 0 Å². The molecule has 0 spiro atoms. The van der Waals surface area contributed by atoms with Crippen molar-refractivity contribution in [3.63, 3.8) is 0 Å². The van der Waals surface area contributed by atoms with E-state index in [1.807, 2.05) is 42.5 Å². The molecule has 0 aliphatic carbocycles. The van der Waals surface area contributed by atoms with E-state index in [0.717, 1.165) is 17.4 Å². The second kappa shape index (κ2) is 6.57. The second-order valence-corrected chi connectivity index (χ2v) is 4.19. The predicted molar refractivity (Wildman–Crippen MR) is 79.7 cm³/mol. The van der Waals surface area contributed by atoms with Crippen LogP contribution >= 0.6 is 0 Å². The maximum atomic E-state index is 11.1. The maximum absolute atomic E-state index is 11.1. The molecule has 20 heavy (non-hydrogen) atoms. The van der Waals surface area contributed by atoms with Gasteiger partial charge in [0, 0.05) is 11.1 Å². The number of methoxy groups -OCH3 is 2. The zero-order valence-corrected chi connectivity index (χ0v) is 11.5. The van der Waals surface area contributed by atoms with Crippen LogP contribution in [0.3, 0.4) is 0 Å². The van der Waals surface area contributed by atoms with Crippen LogP contribution in [-0.4, -0.2) is 20.5 Å². The highest BCUT2D eigenvalue weighted by atomic mass is 16.5. The Labute approximate surface area is 118 Å². The molecule has 0 atom stereocenters. The highest BCUT2D eigenvalue weighted by Crippen LogP contribution is 2.23. The maximum Gasteiger partial charge on any atom is 0.150 e. The van der Waals surface area contributed by atoms with Crippen LogP contribution in [0.4, 0.5) is 0 Å². The highest BCUT2D eigenvalue weighted by molar-refractivity contribution is 5.87. The Kier molecular flexibility index (Phi) is 4.56. The van der Waals surface area contributed by atoms with E-state index in [0.29, 0.717) is 17.1 Å². The number of hydrogen-bond acceptors (Lipinski definition) is 3. The van der Waals surface area contributed by atoms with E-state index in [2.05, 4.69) is 0 Å². The summed E-state index contributed by atoms with van der Waals surface area (Å²) >= 11 is 0. The summed E-state index contributed by atoms with van der Waals surface area (Å²) in [5.41, 5.74) is 2.31. The molecule has 0 amide bonds. The average Bonchev–Trinajstić information content (AvgIpc) is 2.53. The van der Waals surface area contributed by atoms with Gasteiger partial charge in [-0.3, -0.25) is 4.79 Å². The molecule has 0 aliphatic rings. The summed E-state index contributed by atoms with van der Waals surface area (Å²) in [6, 6.07) is 15.0. The quantitative estimate of drug-likeness (QED) is 0.471. The van der Waals surface area contributed by atoms with Crippen molar-refractivity contribution in [1.29, 1.82) is 0 Å². The SMILES string of the molecule is CO/C(=C/c1cc(OC)ccc1C=O)c1ccccc1. The van der Waals surface area contributed by atoms with Gasteiger partial charge in [-0.1, -0.05) is 30.3 Å². The fourth-order valence-corrected chi connectivity index (χ4v) is 1.92. The first-order valence-electron chi connectivity index (χ1n) is 6.23. The van der Waals surface area contributed by atoms with Crippen LogP contribution in [0.25, 0.3) is 11.8 Å². The average molecular weight is 268 g/mol. The molecule has 0 saturated heterocycles. The summed E-state index contributed by atoms with van der Waals surface area (Å²) in [5.74, 6) is 1.40. The summed E-state index contributed by atoms with van der Waals surface area (Å²) in [5, 5.41) is 0. The molecule has 0 N–H and O–H groups in total. The van der Waals surface area contributed by atoms with Gasteiger partial charge >= 0.3 is 0 Å². The molecule has 3 heteroatoms. The topological polar surface area (TPSA) is 35.5 Å². The third-order valence-electron chi connectivity index (χ3n) is 2.99. The molecule has 0 radical (unpaired) electrons. The summed E-state index contributed by atoms with van der Waals surface area (Å²) < 4.78 is 10.6. The third kappa shape index (κ3) is 3.06. The Morgan fingerprint density at radius 1 is 1.00 bits per heavy atom. The molecular weight excluding hydrogens is 252 g/mol. The van der Waals surface area contributed by atoms with E-state index in [4.69, 9.17) is 9.47 Å². The number of carbonyl (C=O) groups excluding carboxylic acids is 1. The van der Waals surface area contributed by atoms with Gasteiger partial charge in [0.1, 0.15) is 11.5 Å². The molecule has 0 unspecified atom stereocenters. The Hall–Kier alpha value is -2.55. The molecular formula is C17H16O3.